The summed E-state index contributed by atoms with van der Waals surface area (Å²) in [5, 5.41) is 12.5. The molecular formula is C15H21N5O2S2. The number of benzene rings is 1. The van der Waals surface area contributed by atoms with Crippen LogP contribution in [0.15, 0.2) is 40.4 Å². The van der Waals surface area contributed by atoms with Gasteiger partial charge in [0.05, 0.1) is 18.0 Å². The van der Waals surface area contributed by atoms with E-state index >= 15 is 0 Å². The van der Waals surface area contributed by atoms with Gasteiger partial charge in [-0.15, -0.1) is 11.3 Å². The quantitative estimate of drug-likeness (QED) is 0.527. The second kappa shape index (κ2) is 8.22. The van der Waals surface area contributed by atoms with Crippen molar-refractivity contribution in [1.82, 2.24) is 15.6 Å². The maximum Gasteiger partial charge on any atom is 0.238 e. The van der Waals surface area contributed by atoms with Crippen LogP contribution in [0.25, 0.3) is 0 Å². The van der Waals surface area contributed by atoms with Crippen molar-refractivity contribution in [2.24, 2.45) is 10.1 Å². The zero-order chi connectivity index (χ0) is 17.6. The molecule has 0 saturated heterocycles. The Morgan fingerprint density at radius 2 is 2.00 bits per heavy atom. The Morgan fingerprint density at radius 1 is 1.29 bits per heavy atom. The molecule has 1 heterocycles. The van der Waals surface area contributed by atoms with E-state index in [2.05, 4.69) is 20.6 Å². The molecule has 0 fully saturated rings. The molecule has 2 rings (SSSR count). The number of aromatic nitrogens is 1. The molecule has 0 radical (unpaired) electrons. The molecule has 2 aromatic rings. The van der Waals surface area contributed by atoms with Crippen LogP contribution >= 0.6 is 11.3 Å². The van der Waals surface area contributed by atoms with Crippen LogP contribution in [-0.4, -0.2) is 25.9 Å². The lowest BCUT2D eigenvalue weighted by Gasteiger charge is -2.10. The van der Waals surface area contributed by atoms with E-state index in [1.807, 2.05) is 20.0 Å². The van der Waals surface area contributed by atoms with Crippen molar-refractivity contribution < 1.29 is 8.42 Å². The van der Waals surface area contributed by atoms with Gasteiger partial charge in [0.15, 0.2) is 5.96 Å². The number of aliphatic imine (C=N–C) groups is 1. The fourth-order valence-corrected chi connectivity index (χ4v) is 3.18. The second-order valence-corrected chi connectivity index (χ2v) is 7.98. The Kier molecular flexibility index (Phi) is 6.29. The van der Waals surface area contributed by atoms with Crippen LogP contribution in [0, 0.1) is 6.92 Å². The van der Waals surface area contributed by atoms with Crippen LogP contribution in [0.2, 0.25) is 0 Å². The first-order valence-electron chi connectivity index (χ1n) is 7.43. The lowest BCUT2D eigenvalue weighted by molar-refractivity contribution is 0.598. The average Bonchev–Trinajstić information content (AvgIpc) is 2.95. The number of thiazole rings is 1. The van der Waals surface area contributed by atoms with Crippen LogP contribution in [0.5, 0.6) is 0 Å². The van der Waals surface area contributed by atoms with Gasteiger partial charge in [0.1, 0.15) is 5.01 Å². The molecule has 0 aliphatic rings. The van der Waals surface area contributed by atoms with Gasteiger partial charge < -0.3 is 10.6 Å². The predicted octanol–water partition coefficient (Wildman–Crippen LogP) is 1.35. The van der Waals surface area contributed by atoms with Gasteiger partial charge in [0.2, 0.25) is 10.0 Å². The third kappa shape index (κ3) is 5.59. The maximum atomic E-state index is 11.2. The lowest BCUT2D eigenvalue weighted by Crippen LogP contribution is -2.36. The molecule has 130 valence electrons. The summed E-state index contributed by atoms with van der Waals surface area (Å²) >= 11 is 1.64. The minimum atomic E-state index is -3.66. The minimum absolute atomic E-state index is 0.0967. The number of primary sulfonamides is 1. The smallest absolute Gasteiger partial charge is 0.238 e. The number of hydrogen-bond donors (Lipinski definition) is 3. The first-order valence-corrected chi connectivity index (χ1v) is 9.80. The first-order chi connectivity index (χ1) is 11.4. The molecule has 7 nitrogen and oxygen atoms in total. The molecule has 0 aliphatic carbocycles. The summed E-state index contributed by atoms with van der Waals surface area (Å²) in [5.74, 6) is 0.681. The van der Waals surface area contributed by atoms with E-state index < -0.39 is 10.0 Å². The van der Waals surface area contributed by atoms with E-state index in [1.165, 1.54) is 17.0 Å². The molecule has 0 unspecified atom stereocenters. The molecule has 9 heteroatoms. The van der Waals surface area contributed by atoms with Crippen LogP contribution in [0.1, 0.15) is 22.4 Å². The van der Waals surface area contributed by atoms with Gasteiger partial charge >= 0.3 is 0 Å². The van der Waals surface area contributed by atoms with Crippen LogP contribution < -0.4 is 15.8 Å². The molecule has 1 aromatic heterocycles. The lowest BCUT2D eigenvalue weighted by atomic mass is 10.2. The largest absolute Gasteiger partial charge is 0.357 e. The minimum Gasteiger partial charge on any atom is -0.357 e. The molecule has 0 aliphatic heterocycles. The molecule has 0 bridgehead atoms. The molecule has 0 spiro atoms. The van der Waals surface area contributed by atoms with Crippen molar-refractivity contribution in [3.05, 3.63) is 45.9 Å². The third-order valence-electron chi connectivity index (χ3n) is 3.09. The van der Waals surface area contributed by atoms with Crippen molar-refractivity contribution in [2.45, 2.75) is 31.8 Å². The highest BCUT2D eigenvalue weighted by Crippen LogP contribution is 2.11. The highest BCUT2D eigenvalue weighted by Gasteiger charge is 2.07. The monoisotopic (exact) mass is 367 g/mol. The topological polar surface area (TPSA) is 109 Å². The molecule has 1 aromatic carbocycles. The predicted molar refractivity (Wildman–Crippen MR) is 96.3 cm³/mol. The van der Waals surface area contributed by atoms with Gasteiger partial charge in [-0.2, -0.15) is 0 Å². The number of guanidine groups is 1. The molecule has 4 N–H and O–H groups in total. The Hall–Kier alpha value is -1.97. The van der Waals surface area contributed by atoms with Crippen molar-refractivity contribution in [3.63, 3.8) is 0 Å². The summed E-state index contributed by atoms with van der Waals surface area (Å²) < 4.78 is 22.5. The van der Waals surface area contributed by atoms with Crippen LogP contribution in [0.4, 0.5) is 0 Å². The molecule has 24 heavy (non-hydrogen) atoms. The van der Waals surface area contributed by atoms with Crippen LogP contribution in [0.3, 0.4) is 0 Å². The van der Waals surface area contributed by atoms with E-state index in [0.29, 0.717) is 19.0 Å². The normalized spacial score (nSPS) is 12.2. The molecule has 0 saturated carbocycles. The van der Waals surface area contributed by atoms with Crippen molar-refractivity contribution in [1.29, 1.82) is 0 Å². The van der Waals surface area contributed by atoms with Gasteiger partial charge in [-0.1, -0.05) is 12.1 Å². The number of aryl methyl sites for hydroxylation is 1. The Labute approximate surface area is 146 Å². The number of hydrogen-bond acceptors (Lipinski definition) is 5. The van der Waals surface area contributed by atoms with Crippen LogP contribution in [-0.2, 0) is 23.1 Å². The summed E-state index contributed by atoms with van der Waals surface area (Å²) in [4.78, 5) is 10.1. The van der Waals surface area contributed by atoms with E-state index in [9.17, 15) is 8.42 Å². The molecule has 0 atom stereocenters. The molecule has 0 amide bonds. The Bertz CT molecular complexity index is 798. The fraction of sp³-hybridized carbons (Fsp3) is 0.333. The fourth-order valence-electron chi connectivity index (χ4n) is 1.94. The zero-order valence-electron chi connectivity index (χ0n) is 13.6. The number of nitrogens with zero attached hydrogens (tertiary/aromatic N) is 2. The van der Waals surface area contributed by atoms with Crippen molar-refractivity contribution in [3.8, 4) is 0 Å². The third-order valence-corrected chi connectivity index (χ3v) is 4.93. The Balaban J connectivity index is 1.99. The number of nitrogens with one attached hydrogen (secondary N) is 2. The first kappa shape index (κ1) is 18.4. The van der Waals surface area contributed by atoms with E-state index in [4.69, 9.17) is 5.14 Å². The highest BCUT2D eigenvalue weighted by atomic mass is 32.2. The van der Waals surface area contributed by atoms with Gasteiger partial charge in [0, 0.05) is 17.6 Å². The number of nitrogens with two attached hydrogens (primary N) is 1. The highest BCUT2D eigenvalue weighted by molar-refractivity contribution is 7.89. The zero-order valence-corrected chi connectivity index (χ0v) is 15.2. The van der Waals surface area contributed by atoms with E-state index in [-0.39, 0.29) is 4.90 Å². The van der Waals surface area contributed by atoms with Gasteiger partial charge in [-0.3, -0.25) is 0 Å². The summed E-state index contributed by atoms with van der Waals surface area (Å²) in [6.07, 6.45) is 1.85. The van der Waals surface area contributed by atoms with Crippen molar-refractivity contribution >= 4 is 27.3 Å². The van der Waals surface area contributed by atoms with Gasteiger partial charge in [-0.25, -0.2) is 23.5 Å². The summed E-state index contributed by atoms with van der Waals surface area (Å²) in [6.45, 7) is 5.79. The standard InChI is InChI=1S/C15H21N5O2S2/c1-3-17-15(20-10-14-18-8-11(2)23-14)19-9-12-4-6-13(7-5-12)24(16,21)22/h4-8H,3,9-10H2,1-2H3,(H2,16,21,22)(H2,17,19,20). The summed E-state index contributed by atoms with van der Waals surface area (Å²) in [5.41, 5.74) is 0.893. The summed E-state index contributed by atoms with van der Waals surface area (Å²) in [6, 6.07) is 6.38. The molecular weight excluding hydrogens is 346 g/mol. The SMILES string of the molecule is CCNC(=NCc1ccc(S(N)(=O)=O)cc1)NCc1ncc(C)s1. The number of rotatable bonds is 6. The Morgan fingerprint density at radius 3 is 2.54 bits per heavy atom. The van der Waals surface area contributed by atoms with Gasteiger partial charge in [0.25, 0.3) is 0 Å². The van der Waals surface area contributed by atoms with E-state index in [1.54, 1.807) is 23.5 Å². The van der Waals surface area contributed by atoms with Crippen molar-refractivity contribution in [2.75, 3.05) is 6.54 Å². The average molecular weight is 368 g/mol. The summed E-state index contributed by atoms with van der Waals surface area (Å²) in [7, 11) is -3.66. The second-order valence-electron chi connectivity index (χ2n) is 5.10. The van der Waals surface area contributed by atoms with E-state index in [0.717, 1.165) is 17.1 Å². The maximum absolute atomic E-state index is 11.2. The van der Waals surface area contributed by atoms with Gasteiger partial charge in [-0.05, 0) is 31.5 Å². The number of sulfonamides is 1.